The molecule has 2 atom stereocenters. The molecule has 0 aliphatic carbocycles. The molecule has 0 heterocycles. The average Bonchev–Trinajstić information content (AvgIpc) is 2.54. The number of nitroso groups, excluding NO2 is 2. The van der Waals surface area contributed by atoms with Gasteiger partial charge in [0.1, 0.15) is 18.6 Å². The molecule has 0 bridgehead atoms. The first-order valence-electron chi connectivity index (χ1n) is 6.38. The summed E-state index contributed by atoms with van der Waals surface area (Å²) in [6.07, 6.45) is -0.376. The van der Waals surface area contributed by atoms with E-state index in [2.05, 4.69) is 28.0 Å². The molecule has 2 unspecified atom stereocenters. The zero-order valence-corrected chi connectivity index (χ0v) is 14.4. The van der Waals surface area contributed by atoms with Crippen LogP contribution in [0.2, 0.25) is 0 Å². The van der Waals surface area contributed by atoms with Gasteiger partial charge in [-0.2, -0.15) is 0 Å². The molecule has 0 saturated carbocycles. The van der Waals surface area contributed by atoms with Crippen molar-refractivity contribution in [3.63, 3.8) is 0 Å². The molecule has 0 spiro atoms. The van der Waals surface area contributed by atoms with Crippen LogP contribution in [0.25, 0.3) is 0 Å². The van der Waals surface area contributed by atoms with Gasteiger partial charge in [-0.1, -0.05) is 0 Å². The molecule has 0 saturated heterocycles. The van der Waals surface area contributed by atoms with Crippen molar-refractivity contribution in [1.29, 1.82) is 0 Å². The van der Waals surface area contributed by atoms with E-state index in [0.717, 1.165) is 0 Å². The Labute approximate surface area is 151 Å². The van der Waals surface area contributed by atoms with Crippen molar-refractivity contribution in [2.45, 2.75) is 24.9 Å². The van der Waals surface area contributed by atoms with Crippen LogP contribution in [-0.4, -0.2) is 58.3 Å². The molecule has 25 heavy (non-hydrogen) atoms. The van der Waals surface area contributed by atoms with Crippen LogP contribution in [-0.2, 0) is 19.2 Å². The van der Waals surface area contributed by atoms with Gasteiger partial charge in [0, 0.05) is 46.1 Å². The molecule has 0 fully saturated rings. The Kier molecular flexibility index (Phi) is 15.3. The number of rotatable bonds is 11. The number of hydrogen-bond donors (Lipinski definition) is 6. The van der Waals surface area contributed by atoms with Gasteiger partial charge in [-0.05, 0) is 6.42 Å². The second kappa shape index (κ2) is 15.3. The van der Waals surface area contributed by atoms with Crippen LogP contribution in [0.5, 0.6) is 0 Å². The van der Waals surface area contributed by atoms with Crippen molar-refractivity contribution < 1.29 is 29.4 Å². The van der Waals surface area contributed by atoms with Crippen LogP contribution in [0.4, 0.5) is 0 Å². The molecule has 6 N–H and O–H groups in total. The number of carboxylic acid groups (broad SMARTS) is 2. The zero-order valence-electron chi connectivity index (χ0n) is 12.7. The minimum atomic E-state index is -1.27. The molecular weight excluding hydrogens is 382 g/mol. The molecular formula is C10H17N5O8S2. The van der Waals surface area contributed by atoms with Crippen LogP contribution in [0.1, 0.15) is 12.8 Å². The molecule has 0 aliphatic heterocycles. The molecule has 0 aromatic carbocycles. The molecule has 142 valence electrons. The topological polar surface area (TPSA) is 218 Å². The summed E-state index contributed by atoms with van der Waals surface area (Å²) in [6.45, 7) is -0.645. The Morgan fingerprint density at radius 2 is 1.76 bits per heavy atom. The molecule has 0 radical (unpaired) electrons. The first kappa shape index (κ1) is 25.0. The fourth-order valence-electron chi connectivity index (χ4n) is 1.25. The van der Waals surface area contributed by atoms with Crippen LogP contribution < -0.4 is 16.4 Å². The number of nitrogens with one attached hydrogen (secondary N) is 2. The maximum absolute atomic E-state index is 11.7. The van der Waals surface area contributed by atoms with E-state index in [-0.39, 0.29) is 18.6 Å². The number of carbonyl (C=O) groups is 4. The number of hydrogen-bond acceptors (Lipinski definition) is 10. The van der Waals surface area contributed by atoms with Gasteiger partial charge in [0.25, 0.3) is 0 Å². The highest BCUT2D eigenvalue weighted by Gasteiger charge is 2.22. The van der Waals surface area contributed by atoms with Gasteiger partial charge >= 0.3 is 11.9 Å². The lowest BCUT2D eigenvalue weighted by atomic mass is 10.1. The first-order valence-corrected chi connectivity index (χ1v) is 7.72. The van der Waals surface area contributed by atoms with Gasteiger partial charge in [0.15, 0.2) is 0 Å². The van der Waals surface area contributed by atoms with Crippen LogP contribution in [0.15, 0.2) is 9.16 Å². The second-order valence-electron chi connectivity index (χ2n) is 4.17. The zero-order chi connectivity index (χ0) is 19.8. The summed E-state index contributed by atoms with van der Waals surface area (Å²) in [5.74, 6) is -4.17. The smallest absolute Gasteiger partial charge is 0.322 e. The fourth-order valence-corrected chi connectivity index (χ4v) is 1.70. The Hall–Kier alpha value is -2.26. The summed E-state index contributed by atoms with van der Waals surface area (Å²) < 4.78 is 4.42. The van der Waals surface area contributed by atoms with Crippen LogP contribution in [0, 0.1) is 9.81 Å². The van der Waals surface area contributed by atoms with E-state index in [4.69, 9.17) is 20.9 Å². The quantitative estimate of drug-likeness (QED) is 0.139. The highest BCUT2D eigenvalue weighted by molar-refractivity contribution is 7.97. The molecule has 0 aromatic rings. The standard InChI is InChI=1S/C10H16N4O7S.HNOS/c11-5(10(19)20)1-2-7(15)13-6(4-22-14-21)9(18)12-3-8(16)17;2-1-3/h5-6H,1-4,11H2,(H,12,18)(H,13,15)(H,16,17)(H,19,20);(H,2,3). The molecule has 0 rings (SSSR count). The van der Waals surface area contributed by atoms with Crippen LogP contribution in [0.3, 0.4) is 0 Å². The van der Waals surface area contributed by atoms with Crippen molar-refractivity contribution in [2.75, 3.05) is 12.3 Å². The lowest BCUT2D eigenvalue weighted by molar-refractivity contribution is -0.139. The predicted octanol–water partition coefficient (Wildman–Crippen LogP) is -1.12. The SMILES string of the molecule is NC(CCC(=O)NC(CSN=O)C(=O)NCC(=O)O)C(=O)O.O=NS. The Morgan fingerprint density at radius 1 is 1.20 bits per heavy atom. The third kappa shape index (κ3) is 15.0. The number of carbonyl (C=O) groups excluding carboxylic acids is 2. The molecule has 13 nitrogen and oxygen atoms in total. The monoisotopic (exact) mass is 399 g/mol. The van der Waals surface area contributed by atoms with E-state index >= 15 is 0 Å². The van der Waals surface area contributed by atoms with E-state index < -0.39 is 42.4 Å². The molecule has 2 amide bonds. The highest BCUT2D eigenvalue weighted by atomic mass is 32.2. The highest BCUT2D eigenvalue weighted by Crippen LogP contribution is 2.05. The van der Waals surface area contributed by atoms with Gasteiger partial charge in [0.05, 0.1) is 0 Å². The second-order valence-corrected chi connectivity index (χ2v) is 5.07. The van der Waals surface area contributed by atoms with E-state index in [1.807, 2.05) is 4.58 Å². The van der Waals surface area contributed by atoms with E-state index in [1.54, 1.807) is 0 Å². The van der Waals surface area contributed by atoms with E-state index in [9.17, 15) is 24.1 Å². The van der Waals surface area contributed by atoms with Gasteiger partial charge in [0.2, 0.25) is 11.8 Å². The van der Waals surface area contributed by atoms with Crippen molar-refractivity contribution in [2.24, 2.45) is 14.9 Å². The maximum atomic E-state index is 11.7. The van der Waals surface area contributed by atoms with E-state index in [0.29, 0.717) is 11.9 Å². The number of amides is 2. The van der Waals surface area contributed by atoms with Gasteiger partial charge in [-0.15, -0.1) is 9.81 Å². The summed E-state index contributed by atoms with van der Waals surface area (Å²) in [4.78, 5) is 62.6. The normalized spacial score (nSPS) is 11.8. The molecule has 0 aromatic heterocycles. The summed E-state index contributed by atoms with van der Waals surface area (Å²) in [7, 11) is 0. The molecule has 0 aliphatic rings. The van der Waals surface area contributed by atoms with Gasteiger partial charge in [-0.3, -0.25) is 19.2 Å². The minimum absolute atomic E-state index is 0.135. The predicted molar refractivity (Wildman–Crippen MR) is 90.5 cm³/mol. The number of nitrogens with zero attached hydrogens (tertiary/aromatic N) is 2. The van der Waals surface area contributed by atoms with Crippen molar-refractivity contribution >= 4 is 48.5 Å². The lowest BCUT2D eigenvalue weighted by Gasteiger charge is -2.16. The van der Waals surface area contributed by atoms with Gasteiger partial charge < -0.3 is 26.6 Å². The number of carboxylic acids is 2. The van der Waals surface area contributed by atoms with Crippen molar-refractivity contribution in [3.8, 4) is 0 Å². The van der Waals surface area contributed by atoms with E-state index in [1.165, 1.54) is 0 Å². The third-order valence-electron chi connectivity index (χ3n) is 2.36. The number of nitrogens with two attached hydrogens (primary N) is 1. The summed E-state index contributed by atoms with van der Waals surface area (Å²) >= 11 is 3.34. The third-order valence-corrected chi connectivity index (χ3v) is 2.95. The number of thiol groups is 1. The van der Waals surface area contributed by atoms with Crippen LogP contribution >= 0.6 is 24.8 Å². The summed E-state index contributed by atoms with van der Waals surface area (Å²) in [6, 6.07) is -2.38. The van der Waals surface area contributed by atoms with Crippen molar-refractivity contribution in [3.05, 3.63) is 9.81 Å². The minimum Gasteiger partial charge on any atom is -0.480 e. The summed E-state index contributed by atoms with van der Waals surface area (Å²) in [5, 5.41) is 21.3. The Bertz CT molecular complexity index is 492. The Balaban J connectivity index is 0. The number of aliphatic carboxylic acids is 2. The average molecular weight is 399 g/mol. The largest absolute Gasteiger partial charge is 0.480 e. The fraction of sp³-hybridized carbons (Fsp3) is 0.600. The lowest BCUT2D eigenvalue weighted by Crippen LogP contribution is -2.49. The molecule has 15 heteroatoms. The van der Waals surface area contributed by atoms with Crippen molar-refractivity contribution in [1.82, 2.24) is 10.6 Å². The first-order chi connectivity index (χ1) is 11.7. The Morgan fingerprint density at radius 3 is 2.20 bits per heavy atom. The van der Waals surface area contributed by atoms with Gasteiger partial charge in [-0.25, -0.2) is 0 Å². The summed E-state index contributed by atoms with van der Waals surface area (Å²) in [5.41, 5.74) is 5.23. The maximum Gasteiger partial charge on any atom is 0.322 e.